The lowest BCUT2D eigenvalue weighted by molar-refractivity contribution is 0.0804. The molecular weight excluding hydrogens is 300 g/mol. The number of piperidine rings is 1. The van der Waals surface area contributed by atoms with Crippen molar-refractivity contribution < 1.29 is 9.53 Å². The zero-order valence-corrected chi connectivity index (χ0v) is 14.4. The Hall–Kier alpha value is -1.29. The maximum Gasteiger partial charge on any atom is 0.409 e. The molecule has 1 amide bonds. The number of carbonyl (C=O) groups excluding carboxylic acids is 1. The molecule has 4 nitrogen and oxygen atoms in total. The monoisotopic (exact) mass is 324 g/mol. The average molecular weight is 325 g/mol. The smallest absolute Gasteiger partial charge is 0.409 e. The molecule has 1 fully saturated rings. The number of amides is 1. The number of pyridine rings is 1. The fraction of sp³-hybridized carbons (Fsp3) is 0.647. The van der Waals surface area contributed by atoms with Gasteiger partial charge in [0.1, 0.15) is 0 Å². The summed E-state index contributed by atoms with van der Waals surface area (Å²) in [6.45, 7) is 8.27. The van der Waals surface area contributed by atoms with E-state index in [4.69, 9.17) is 16.3 Å². The number of carbonyl (C=O) groups is 1. The molecule has 122 valence electrons. The van der Waals surface area contributed by atoms with E-state index in [-0.39, 0.29) is 6.09 Å². The second-order valence-electron chi connectivity index (χ2n) is 6.14. The van der Waals surface area contributed by atoms with Crippen LogP contribution in [0.15, 0.2) is 12.3 Å². The van der Waals surface area contributed by atoms with Crippen LogP contribution in [-0.2, 0) is 4.74 Å². The number of likely N-dealkylation sites (tertiary alicyclic amines) is 1. The number of hydrogen-bond acceptors (Lipinski definition) is 3. The molecule has 0 aromatic carbocycles. The molecule has 5 heteroatoms. The van der Waals surface area contributed by atoms with Crippen molar-refractivity contribution in [2.75, 3.05) is 19.7 Å². The number of aromatic nitrogens is 1. The van der Waals surface area contributed by atoms with Gasteiger partial charge in [-0.3, -0.25) is 4.98 Å². The van der Waals surface area contributed by atoms with E-state index in [1.807, 2.05) is 17.9 Å². The van der Waals surface area contributed by atoms with Gasteiger partial charge >= 0.3 is 6.09 Å². The Morgan fingerprint density at radius 2 is 2.32 bits per heavy atom. The van der Waals surface area contributed by atoms with Crippen molar-refractivity contribution in [3.05, 3.63) is 28.5 Å². The van der Waals surface area contributed by atoms with Crippen LogP contribution in [0.3, 0.4) is 0 Å². The van der Waals surface area contributed by atoms with Crippen LogP contribution >= 0.6 is 11.6 Å². The molecule has 1 aromatic rings. The van der Waals surface area contributed by atoms with Crippen molar-refractivity contribution in [3.63, 3.8) is 0 Å². The molecule has 0 aliphatic carbocycles. The maximum atomic E-state index is 12.0. The molecule has 0 radical (unpaired) electrons. The lowest BCUT2D eigenvalue weighted by Gasteiger charge is -2.36. The van der Waals surface area contributed by atoms with Crippen molar-refractivity contribution in [3.8, 4) is 0 Å². The third-order valence-corrected chi connectivity index (χ3v) is 4.53. The number of aryl methyl sites for hydroxylation is 1. The van der Waals surface area contributed by atoms with Crippen molar-refractivity contribution >= 4 is 17.7 Å². The molecular formula is C17H25ClN2O2. The van der Waals surface area contributed by atoms with E-state index in [0.717, 1.165) is 43.6 Å². The predicted molar refractivity (Wildman–Crippen MR) is 88.3 cm³/mol. The zero-order valence-electron chi connectivity index (χ0n) is 13.6. The first-order valence-corrected chi connectivity index (χ1v) is 8.44. The molecule has 1 aromatic heterocycles. The van der Waals surface area contributed by atoms with Crippen LogP contribution in [0.4, 0.5) is 4.79 Å². The summed E-state index contributed by atoms with van der Waals surface area (Å²) in [6.07, 6.45) is 4.40. The Morgan fingerprint density at radius 1 is 1.55 bits per heavy atom. The van der Waals surface area contributed by atoms with E-state index in [1.54, 1.807) is 6.20 Å². The van der Waals surface area contributed by atoms with Crippen molar-refractivity contribution in [1.82, 2.24) is 9.88 Å². The summed E-state index contributed by atoms with van der Waals surface area (Å²) in [5, 5.41) is 0.672. The van der Waals surface area contributed by atoms with Gasteiger partial charge in [-0.25, -0.2) is 4.79 Å². The van der Waals surface area contributed by atoms with Crippen LogP contribution in [0.5, 0.6) is 0 Å². The number of nitrogens with zero attached hydrogens (tertiary/aromatic N) is 2. The Morgan fingerprint density at radius 3 is 2.95 bits per heavy atom. The standard InChI is InChI=1S/C17H25ClN2O2/c1-4-5-8-22-17(21)20-7-6-15(13(3)11-20)16-12(2)9-14(18)10-19-16/h9-10,13,15H,4-8,11H2,1-3H3. The lowest BCUT2D eigenvalue weighted by Crippen LogP contribution is -2.42. The largest absolute Gasteiger partial charge is 0.449 e. The number of halogens is 1. The van der Waals surface area contributed by atoms with Gasteiger partial charge in [-0.1, -0.05) is 31.9 Å². The predicted octanol–water partition coefficient (Wildman–Crippen LogP) is 4.41. The van der Waals surface area contributed by atoms with Crippen LogP contribution in [-0.4, -0.2) is 35.7 Å². The Labute approximate surface area is 137 Å². The first kappa shape index (κ1) is 17.1. The Bertz CT molecular complexity index is 521. The first-order chi connectivity index (χ1) is 10.5. The topological polar surface area (TPSA) is 42.4 Å². The normalized spacial score (nSPS) is 21.7. The van der Waals surface area contributed by atoms with Gasteiger partial charge in [0.05, 0.1) is 11.6 Å². The highest BCUT2D eigenvalue weighted by atomic mass is 35.5. The third kappa shape index (κ3) is 4.13. The Kier molecular flexibility index (Phi) is 6.07. The second kappa shape index (κ2) is 7.82. The fourth-order valence-corrected chi connectivity index (χ4v) is 3.26. The van der Waals surface area contributed by atoms with E-state index in [9.17, 15) is 4.79 Å². The van der Waals surface area contributed by atoms with Gasteiger partial charge in [-0.05, 0) is 37.3 Å². The number of hydrogen-bond donors (Lipinski definition) is 0. The van der Waals surface area contributed by atoms with Crippen LogP contribution in [0.25, 0.3) is 0 Å². The highest BCUT2D eigenvalue weighted by molar-refractivity contribution is 6.30. The van der Waals surface area contributed by atoms with Gasteiger partial charge in [0, 0.05) is 30.9 Å². The summed E-state index contributed by atoms with van der Waals surface area (Å²) < 4.78 is 5.30. The van der Waals surface area contributed by atoms with E-state index in [2.05, 4.69) is 18.8 Å². The van der Waals surface area contributed by atoms with Gasteiger partial charge < -0.3 is 9.64 Å². The van der Waals surface area contributed by atoms with Gasteiger partial charge in [-0.15, -0.1) is 0 Å². The van der Waals surface area contributed by atoms with Gasteiger partial charge in [0.2, 0.25) is 0 Å². The minimum Gasteiger partial charge on any atom is -0.449 e. The zero-order chi connectivity index (χ0) is 16.1. The van der Waals surface area contributed by atoms with Crippen LogP contribution in [0, 0.1) is 12.8 Å². The van der Waals surface area contributed by atoms with E-state index in [0.29, 0.717) is 23.5 Å². The first-order valence-electron chi connectivity index (χ1n) is 8.06. The highest BCUT2D eigenvalue weighted by Gasteiger charge is 2.31. The molecule has 0 saturated carbocycles. The van der Waals surface area contributed by atoms with Crippen molar-refractivity contribution in [1.29, 1.82) is 0 Å². The third-order valence-electron chi connectivity index (χ3n) is 4.32. The van der Waals surface area contributed by atoms with Crippen molar-refractivity contribution in [2.45, 2.75) is 46.0 Å². The molecule has 0 spiro atoms. The van der Waals surface area contributed by atoms with E-state index in [1.165, 1.54) is 0 Å². The summed E-state index contributed by atoms with van der Waals surface area (Å²) in [4.78, 5) is 18.4. The van der Waals surface area contributed by atoms with Crippen LogP contribution in [0.2, 0.25) is 5.02 Å². The molecule has 1 saturated heterocycles. The molecule has 1 aliphatic heterocycles. The summed E-state index contributed by atoms with van der Waals surface area (Å²) in [5.74, 6) is 0.733. The fourth-order valence-electron chi connectivity index (χ4n) is 3.05. The molecule has 1 aliphatic rings. The summed E-state index contributed by atoms with van der Waals surface area (Å²) >= 11 is 5.99. The summed E-state index contributed by atoms with van der Waals surface area (Å²) in [6, 6.07) is 1.96. The summed E-state index contributed by atoms with van der Waals surface area (Å²) in [5.41, 5.74) is 2.24. The van der Waals surface area contributed by atoms with E-state index >= 15 is 0 Å². The van der Waals surface area contributed by atoms with Crippen LogP contribution in [0.1, 0.15) is 50.3 Å². The molecule has 2 rings (SSSR count). The van der Waals surface area contributed by atoms with E-state index < -0.39 is 0 Å². The molecule has 2 unspecified atom stereocenters. The quantitative estimate of drug-likeness (QED) is 0.771. The van der Waals surface area contributed by atoms with Crippen LogP contribution < -0.4 is 0 Å². The number of ether oxygens (including phenoxy) is 1. The lowest BCUT2D eigenvalue weighted by atomic mass is 9.83. The molecule has 2 atom stereocenters. The van der Waals surface area contributed by atoms with Crippen molar-refractivity contribution in [2.24, 2.45) is 5.92 Å². The molecule has 22 heavy (non-hydrogen) atoms. The molecule has 2 heterocycles. The minimum absolute atomic E-state index is 0.181. The number of rotatable bonds is 4. The average Bonchev–Trinajstić information content (AvgIpc) is 2.48. The Balaban J connectivity index is 1.96. The maximum absolute atomic E-state index is 12.0. The van der Waals surface area contributed by atoms with Gasteiger partial charge in [0.15, 0.2) is 0 Å². The SMILES string of the molecule is CCCCOC(=O)N1CCC(c2ncc(Cl)cc2C)C(C)C1. The summed E-state index contributed by atoms with van der Waals surface area (Å²) in [7, 11) is 0. The number of unbranched alkanes of at least 4 members (excludes halogenated alkanes) is 1. The molecule has 0 N–H and O–H groups in total. The van der Waals surface area contributed by atoms with Gasteiger partial charge in [-0.2, -0.15) is 0 Å². The highest BCUT2D eigenvalue weighted by Crippen LogP contribution is 2.34. The molecule has 0 bridgehead atoms. The minimum atomic E-state index is -0.181. The van der Waals surface area contributed by atoms with Gasteiger partial charge in [0.25, 0.3) is 0 Å². The second-order valence-corrected chi connectivity index (χ2v) is 6.58.